The minimum Gasteiger partial charge on any atom is -0.354 e. The summed E-state index contributed by atoms with van der Waals surface area (Å²) in [5.74, 6) is 0.243. The number of nitrogens with zero attached hydrogens (tertiary/aromatic N) is 1. The maximum atomic E-state index is 12.5. The molecule has 0 atom stereocenters. The van der Waals surface area contributed by atoms with Crippen molar-refractivity contribution < 1.29 is 18.0 Å². The summed E-state index contributed by atoms with van der Waals surface area (Å²) in [6.45, 7) is 0. The number of halogens is 3. The third-order valence-corrected chi connectivity index (χ3v) is 4.32. The predicted octanol–water partition coefficient (Wildman–Crippen LogP) is 5.09. The molecule has 0 spiro atoms. The van der Waals surface area contributed by atoms with Crippen LogP contribution in [0.3, 0.4) is 0 Å². The van der Waals surface area contributed by atoms with Crippen molar-refractivity contribution in [2.75, 3.05) is 10.6 Å². The zero-order valence-electron chi connectivity index (χ0n) is 13.4. The number of nitrogens with one attached hydrogen (secondary N) is 2. The van der Waals surface area contributed by atoms with Gasteiger partial charge in [0.2, 0.25) is 5.91 Å². The molecule has 2 heterocycles. The van der Waals surface area contributed by atoms with Crippen LogP contribution in [0.2, 0.25) is 0 Å². The first-order valence-electron chi connectivity index (χ1n) is 7.63. The molecule has 4 nitrogen and oxygen atoms in total. The number of alkyl halides is 3. The number of hydrogen-bond acceptors (Lipinski definition) is 4. The van der Waals surface area contributed by atoms with Crippen LogP contribution in [0.1, 0.15) is 10.4 Å². The number of carbonyl (C=O) groups excluding carboxylic acids is 1. The van der Waals surface area contributed by atoms with E-state index in [1.54, 1.807) is 12.1 Å². The predicted molar refractivity (Wildman–Crippen MR) is 95.6 cm³/mol. The quantitative estimate of drug-likeness (QED) is 0.651. The highest BCUT2D eigenvalue weighted by atomic mass is 32.1. The Balaban J connectivity index is 1.58. The lowest BCUT2D eigenvalue weighted by Crippen LogP contribution is -2.14. The summed E-state index contributed by atoms with van der Waals surface area (Å²) in [4.78, 5) is 17.0. The number of benzene rings is 1. The van der Waals surface area contributed by atoms with E-state index in [0.717, 1.165) is 17.0 Å². The molecule has 0 radical (unpaired) electrons. The van der Waals surface area contributed by atoms with Gasteiger partial charge in [-0.3, -0.25) is 4.79 Å². The summed E-state index contributed by atoms with van der Waals surface area (Å²) < 4.78 is 37.6. The topological polar surface area (TPSA) is 54.0 Å². The number of pyridine rings is 1. The number of thiophene rings is 1. The summed E-state index contributed by atoms with van der Waals surface area (Å²) >= 11 is 1.51. The summed E-state index contributed by atoms with van der Waals surface area (Å²) in [6, 6.07) is 11.8. The molecule has 8 heteroatoms. The van der Waals surface area contributed by atoms with Crippen molar-refractivity contribution in [3.63, 3.8) is 0 Å². The number of carbonyl (C=O) groups is 1. The van der Waals surface area contributed by atoms with Crippen LogP contribution in [-0.2, 0) is 17.4 Å². The van der Waals surface area contributed by atoms with Crippen molar-refractivity contribution in [3.8, 4) is 0 Å². The zero-order chi connectivity index (χ0) is 18.6. The van der Waals surface area contributed by atoms with Crippen molar-refractivity contribution in [1.82, 2.24) is 4.98 Å². The fourth-order valence-electron chi connectivity index (χ4n) is 2.21. The third-order valence-electron chi connectivity index (χ3n) is 3.45. The highest BCUT2D eigenvalue weighted by molar-refractivity contribution is 7.10. The molecule has 0 saturated carbocycles. The van der Waals surface area contributed by atoms with E-state index >= 15 is 0 Å². The van der Waals surface area contributed by atoms with Crippen molar-refractivity contribution in [3.05, 3.63) is 70.5 Å². The van der Waals surface area contributed by atoms with Gasteiger partial charge in [-0.15, -0.1) is 11.3 Å². The van der Waals surface area contributed by atoms with Gasteiger partial charge in [0, 0.05) is 10.6 Å². The lowest BCUT2D eigenvalue weighted by molar-refractivity contribution is -0.137. The molecule has 0 saturated heterocycles. The monoisotopic (exact) mass is 377 g/mol. The van der Waals surface area contributed by atoms with E-state index in [-0.39, 0.29) is 12.3 Å². The lowest BCUT2D eigenvalue weighted by atomic mass is 10.2. The Morgan fingerprint density at radius 1 is 1.04 bits per heavy atom. The largest absolute Gasteiger partial charge is 0.416 e. The second-order valence-electron chi connectivity index (χ2n) is 5.44. The minimum atomic E-state index is -4.36. The van der Waals surface area contributed by atoms with Crippen LogP contribution < -0.4 is 10.6 Å². The maximum absolute atomic E-state index is 12.5. The molecule has 1 amide bonds. The summed E-state index contributed by atoms with van der Waals surface area (Å²) in [7, 11) is 0. The van der Waals surface area contributed by atoms with Crippen molar-refractivity contribution in [2.45, 2.75) is 12.6 Å². The standard InChI is InChI=1S/C18H14F3N3OS/c19-18(20,21)12-3-5-13(6-4-12)23-14-7-8-16(22-11-14)24-17(25)10-15-2-1-9-26-15/h1-9,11,23H,10H2,(H,22,24,25). The fraction of sp³-hybridized carbons (Fsp3) is 0.111. The second-order valence-corrected chi connectivity index (χ2v) is 6.47. The molecule has 2 aromatic heterocycles. The third kappa shape index (κ3) is 4.82. The Labute approximate surface area is 151 Å². The number of hydrogen-bond donors (Lipinski definition) is 2. The van der Waals surface area contributed by atoms with Gasteiger partial charge in [0.05, 0.1) is 23.9 Å². The average Bonchev–Trinajstić information content (AvgIpc) is 3.09. The molecule has 0 aliphatic rings. The normalized spacial score (nSPS) is 11.2. The van der Waals surface area contributed by atoms with E-state index in [4.69, 9.17) is 0 Å². The smallest absolute Gasteiger partial charge is 0.354 e. The summed E-state index contributed by atoms with van der Waals surface area (Å²) in [5.41, 5.74) is 0.403. The zero-order valence-corrected chi connectivity index (χ0v) is 14.2. The summed E-state index contributed by atoms with van der Waals surface area (Å²) in [5, 5.41) is 7.56. The van der Waals surface area contributed by atoms with Crippen LogP contribution in [0.4, 0.5) is 30.4 Å². The van der Waals surface area contributed by atoms with E-state index in [1.165, 1.54) is 29.7 Å². The van der Waals surface area contributed by atoms with Gasteiger partial charge in [0.25, 0.3) is 0 Å². The minimum absolute atomic E-state index is 0.164. The highest BCUT2D eigenvalue weighted by Crippen LogP contribution is 2.30. The van der Waals surface area contributed by atoms with E-state index in [9.17, 15) is 18.0 Å². The van der Waals surface area contributed by atoms with Gasteiger partial charge in [-0.05, 0) is 47.8 Å². The molecule has 134 valence electrons. The Morgan fingerprint density at radius 2 is 1.77 bits per heavy atom. The number of rotatable bonds is 5. The number of anilines is 3. The Morgan fingerprint density at radius 3 is 2.35 bits per heavy atom. The molecule has 0 aliphatic carbocycles. The van der Waals surface area contributed by atoms with Crippen LogP contribution in [0.25, 0.3) is 0 Å². The van der Waals surface area contributed by atoms with Gasteiger partial charge in [-0.1, -0.05) is 6.07 Å². The lowest BCUT2D eigenvalue weighted by Gasteiger charge is -2.10. The average molecular weight is 377 g/mol. The van der Waals surface area contributed by atoms with Gasteiger partial charge < -0.3 is 10.6 Å². The fourth-order valence-corrected chi connectivity index (χ4v) is 2.91. The first kappa shape index (κ1) is 17.9. The van der Waals surface area contributed by atoms with Gasteiger partial charge in [0.15, 0.2) is 0 Å². The molecule has 0 fully saturated rings. The summed E-state index contributed by atoms with van der Waals surface area (Å²) in [6.07, 6.45) is -2.58. The molecule has 3 rings (SSSR count). The van der Waals surface area contributed by atoms with E-state index in [2.05, 4.69) is 15.6 Å². The van der Waals surface area contributed by atoms with Gasteiger partial charge in [-0.2, -0.15) is 13.2 Å². The molecule has 0 unspecified atom stereocenters. The molecular formula is C18H14F3N3OS. The van der Waals surface area contributed by atoms with Crippen LogP contribution in [0, 0.1) is 0 Å². The number of amides is 1. The van der Waals surface area contributed by atoms with Crippen molar-refractivity contribution >= 4 is 34.4 Å². The second kappa shape index (κ2) is 7.57. The van der Waals surface area contributed by atoms with Crippen LogP contribution in [-0.4, -0.2) is 10.9 Å². The molecule has 26 heavy (non-hydrogen) atoms. The van der Waals surface area contributed by atoms with E-state index in [0.29, 0.717) is 17.2 Å². The Hall–Kier alpha value is -2.87. The number of aromatic nitrogens is 1. The first-order chi connectivity index (χ1) is 12.4. The maximum Gasteiger partial charge on any atom is 0.416 e. The molecule has 1 aromatic carbocycles. The SMILES string of the molecule is O=C(Cc1cccs1)Nc1ccc(Nc2ccc(C(F)(F)F)cc2)cn1. The Kier molecular flexibility index (Phi) is 5.22. The van der Waals surface area contributed by atoms with Crippen LogP contribution in [0.15, 0.2) is 60.1 Å². The van der Waals surface area contributed by atoms with Crippen LogP contribution >= 0.6 is 11.3 Å². The molecular weight excluding hydrogens is 363 g/mol. The van der Waals surface area contributed by atoms with Crippen molar-refractivity contribution in [2.24, 2.45) is 0 Å². The Bertz CT molecular complexity index is 860. The van der Waals surface area contributed by atoms with Gasteiger partial charge in [0.1, 0.15) is 5.82 Å². The first-order valence-corrected chi connectivity index (χ1v) is 8.51. The van der Waals surface area contributed by atoms with Crippen molar-refractivity contribution in [1.29, 1.82) is 0 Å². The van der Waals surface area contributed by atoms with Crippen LogP contribution in [0.5, 0.6) is 0 Å². The molecule has 0 bridgehead atoms. The molecule has 0 aliphatic heterocycles. The molecule has 2 N–H and O–H groups in total. The van der Waals surface area contributed by atoms with E-state index < -0.39 is 11.7 Å². The van der Waals surface area contributed by atoms with E-state index in [1.807, 2.05) is 17.5 Å². The molecule has 3 aromatic rings. The van der Waals surface area contributed by atoms with Gasteiger partial charge >= 0.3 is 6.18 Å². The van der Waals surface area contributed by atoms with Gasteiger partial charge in [-0.25, -0.2) is 4.98 Å². The highest BCUT2D eigenvalue weighted by Gasteiger charge is 2.29.